The Bertz CT molecular complexity index is 683. The van der Waals surface area contributed by atoms with E-state index in [2.05, 4.69) is 20.8 Å². The maximum Gasteiger partial charge on any atom is 0.303 e. The molecule has 0 aromatic heterocycles. The number of nitrogens with zero attached hydrogens (tertiary/aromatic N) is 1. The molecule has 4 aliphatic rings. The molecule has 0 aromatic rings. The van der Waals surface area contributed by atoms with Crippen molar-refractivity contribution in [1.29, 1.82) is 0 Å². The summed E-state index contributed by atoms with van der Waals surface area (Å²) < 4.78 is 0. The standard InChI is InChI=1S/C22H33NO3/c1-13-11-15-16-6-5-14(12-19(25)26)21(16,2)9-7-17(15)22(3)10-8-18(24)23(4)20(13)22/h14-17H,5-12H2,1-4H3,(H,25,26). The van der Waals surface area contributed by atoms with Gasteiger partial charge in [0.1, 0.15) is 0 Å². The van der Waals surface area contributed by atoms with Crippen LogP contribution in [0.4, 0.5) is 0 Å². The number of rotatable bonds is 2. The average Bonchev–Trinajstić information content (AvgIpc) is 2.88. The maximum atomic E-state index is 12.3. The Morgan fingerprint density at radius 3 is 2.62 bits per heavy atom. The fourth-order valence-electron chi connectivity index (χ4n) is 7.76. The molecule has 6 atom stereocenters. The number of carbonyl (C=O) groups excluding carboxylic acids is 1. The predicted molar refractivity (Wildman–Crippen MR) is 100 cm³/mol. The lowest BCUT2D eigenvalue weighted by Gasteiger charge is -2.59. The van der Waals surface area contributed by atoms with Gasteiger partial charge >= 0.3 is 5.97 Å². The van der Waals surface area contributed by atoms with Crippen molar-refractivity contribution in [3.05, 3.63) is 11.3 Å². The molecule has 144 valence electrons. The van der Waals surface area contributed by atoms with Crippen molar-refractivity contribution in [2.24, 2.45) is 34.5 Å². The number of aliphatic carboxylic acids is 1. The van der Waals surface area contributed by atoms with Crippen molar-refractivity contribution in [2.45, 2.75) is 72.1 Å². The van der Waals surface area contributed by atoms with Crippen LogP contribution in [0.1, 0.15) is 72.1 Å². The van der Waals surface area contributed by atoms with Crippen LogP contribution in [-0.4, -0.2) is 28.9 Å². The van der Waals surface area contributed by atoms with Crippen LogP contribution < -0.4 is 0 Å². The number of carboxylic acids is 1. The van der Waals surface area contributed by atoms with E-state index < -0.39 is 5.97 Å². The number of amides is 1. The Labute approximate surface area is 157 Å². The van der Waals surface area contributed by atoms with E-state index in [4.69, 9.17) is 0 Å². The van der Waals surface area contributed by atoms with Gasteiger partial charge in [0.2, 0.25) is 5.91 Å². The Hall–Kier alpha value is -1.32. The fraction of sp³-hybridized carbons (Fsp3) is 0.818. The summed E-state index contributed by atoms with van der Waals surface area (Å²) in [6.07, 6.45) is 7.65. The number of hydrogen-bond acceptors (Lipinski definition) is 2. The number of carbonyl (C=O) groups is 2. The molecule has 0 radical (unpaired) electrons. The van der Waals surface area contributed by atoms with Crippen molar-refractivity contribution >= 4 is 11.9 Å². The minimum absolute atomic E-state index is 0.113. The Balaban J connectivity index is 1.69. The van der Waals surface area contributed by atoms with Crippen LogP contribution in [0.25, 0.3) is 0 Å². The molecule has 1 aliphatic heterocycles. The van der Waals surface area contributed by atoms with E-state index in [1.165, 1.54) is 24.1 Å². The molecule has 1 saturated heterocycles. The smallest absolute Gasteiger partial charge is 0.303 e. The lowest BCUT2D eigenvalue weighted by atomic mass is 9.48. The molecule has 26 heavy (non-hydrogen) atoms. The van der Waals surface area contributed by atoms with Gasteiger partial charge in [-0.25, -0.2) is 0 Å². The van der Waals surface area contributed by atoms with Gasteiger partial charge in [0.15, 0.2) is 0 Å². The van der Waals surface area contributed by atoms with Crippen LogP contribution in [0.2, 0.25) is 0 Å². The molecule has 1 heterocycles. The lowest BCUT2D eigenvalue weighted by molar-refractivity contribution is -0.140. The topological polar surface area (TPSA) is 57.6 Å². The summed E-state index contributed by atoms with van der Waals surface area (Å²) in [6.45, 7) is 7.01. The van der Waals surface area contributed by atoms with Gasteiger partial charge < -0.3 is 10.0 Å². The third kappa shape index (κ3) is 2.33. The Morgan fingerprint density at radius 1 is 1.19 bits per heavy atom. The number of likely N-dealkylation sites (tertiary alicyclic amines) is 1. The maximum absolute atomic E-state index is 12.3. The van der Waals surface area contributed by atoms with Crippen LogP contribution in [0.3, 0.4) is 0 Å². The highest BCUT2D eigenvalue weighted by molar-refractivity contribution is 5.79. The van der Waals surface area contributed by atoms with Crippen molar-refractivity contribution < 1.29 is 14.7 Å². The highest BCUT2D eigenvalue weighted by Gasteiger charge is 2.60. The first-order valence-electron chi connectivity index (χ1n) is 10.4. The summed E-state index contributed by atoms with van der Waals surface area (Å²) in [6, 6.07) is 0. The second-order valence-corrected chi connectivity index (χ2v) is 10.00. The van der Waals surface area contributed by atoms with E-state index in [0.717, 1.165) is 25.7 Å². The summed E-state index contributed by atoms with van der Waals surface area (Å²) >= 11 is 0. The predicted octanol–water partition coefficient (Wildman–Crippen LogP) is 4.46. The van der Waals surface area contributed by atoms with E-state index in [-0.39, 0.29) is 16.7 Å². The lowest BCUT2D eigenvalue weighted by Crippen LogP contribution is -2.54. The van der Waals surface area contributed by atoms with Crippen molar-refractivity contribution in [1.82, 2.24) is 4.90 Å². The molecular formula is C22H33NO3. The second-order valence-electron chi connectivity index (χ2n) is 10.00. The molecule has 1 amide bonds. The van der Waals surface area contributed by atoms with Crippen molar-refractivity contribution in [3.8, 4) is 0 Å². The zero-order valence-corrected chi connectivity index (χ0v) is 16.7. The summed E-state index contributed by atoms with van der Waals surface area (Å²) in [5.41, 5.74) is 3.00. The highest BCUT2D eigenvalue weighted by Crippen LogP contribution is 2.67. The molecule has 4 rings (SSSR count). The van der Waals surface area contributed by atoms with Gasteiger partial charge in [0.05, 0.1) is 0 Å². The van der Waals surface area contributed by atoms with E-state index in [1.54, 1.807) is 0 Å². The van der Waals surface area contributed by atoms with Crippen LogP contribution in [0.15, 0.2) is 11.3 Å². The van der Waals surface area contributed by atoms with Gasteiger partial charge in [0, 0.05) is 31.0 Å². The van der Waals surface area contributed by atoms with Gasteiger partial charge in [-0.1, -0.05) is 19.4 Å². The molecule has 0 bridgehead atoms. The van der Waals surface area contributed by atoms with E-state index in [9.17, 15) is 14.7 Å². The third-order valence-electron chi connectivity index (χ3n) is 8.93. The number of carboxylic acid groups (broad SMARTS) is 1. The van der Waals surface area contributed by atoms with Crippen molar-refractivity contribution in [2.75, 3.05) is 7.05 Å². The molecule has 4 nitrogen and oxygen atoms in total. The Kier molecular flexibility index (Phi) is 4.06. The summed E-state index contributed by atoms with van der Waals surface area (Å²) in [4.78, 5) is 25.6. The Morgan fingerprint density at radius 2 is 1.92 bits per heavy atom. The fourth-order valence-corrected chi connectivity index (χ4v) is 7.76. The first-order valence-corrected chi connectivity index (χ1v) is 10.4. The van der Waals surface area contributed by atoms with Crippen LogP contribution in [0.5, 0.6) is 0 Å². The molecule has 4 heteroatoms. The summed E-state index contributed by atoms with van der Waals surface area (Å²) in [5.74, 6) is 1.89. The summed E-state index contributed by atoms with van der Waals surface area (Å²) in [5, 5.41) is 9.36. The van der Waals surface area contributed by atoms with Gasteiger partial charge in [-0.05, 0) is 74.5 Å². The molecule has 2 saturated carbocycles. The molecule has 3 fully saturated rings. The van der Waals surface area contributed by atoms with Crippen LogP contribution in [-0.2, 0) is 9.59 Å². The monoisotopic (exact) mass is 359 g/mol. The van der Waals surface area contributed by atoms with E-state index in [1.807, 2.05) is 11.9 Å². The molecule has 6 unspecified atom stereocenters. The molecule has 0 aromatic carbocycles. The van der Waals surface area contributed by atoms with Gasteiger partial charge in [-0.2, -0.15) is 0 Å². The molecule has 3 aliphatic carbocycles. The number of fused-ring (bicyclic) bond motifs is 5. The van der Waals surface area contributed by atoms with E-state index in [0.29, 0.717) is 36.5 Å². The van der Waals surface area contributed by atoms with Gasteiger partial charge in [0.25, 0.3) is 0 Å². The first-order chi connectivity index (χ1) is 12.2. The minimum atomic E-state index is -0.639. The third-order valence-corrected chi connectivity index (χ3v) is 8.93. The number of allylic oxidation sites excluding steroid dienone is 2. The molecular weight excluding hydrogens is 326 g/mol. The van der Waals surface area contributed by atoms with Crippen LogP contribution >= 0.6 is 0 Å². The quantitative estimate of drug-likeness (QED) is 0.792. The summed E-state index contributed by atoms with van der Waals surface area (Å²) in [7, 11) is 1.96. The first kappa shape index (κ1) is 18.1. The number of hydrogen-bond donors (Lipinski definition) is 1. The average molecular weight is 360 g/mol. The van der Waals surface area contributed by atoms with Crippen LogP contribution in [0, 0.1) is 34.5 Å². The normalized spacial score (nSPS) is 45.2. The molecule has 0 spiro atoms. The largest absolute Gasteiger partial charge is 0.481 e. The molecule has 1 N–H and O–H groups in total. The van der Waals surface area contributed by atoms with Gasteiger partial charge in [-0.3, -0.25) is 9.59 Å². The highest BCUT2D eigenvalue weighted by atomic mass is 16.4. The zero-order valence-electron chi connectivity index (χ0n) is 16.7. The SMILES string of the molecule is CC1=C2N(C)C(=O)CCC2(C)C2CCC3(C)C(CC(=O)O)CCC3C2C1. The number of piperidine rings is 1. The van der Waals surface area contributed by atoms with Gasteiger partial charge in [-0.15, -0.1) is 0 Å². The minimum Gasteiger partial charge on any atom is -0.481 e. The second kappa shape index (κ2) is 5.84. The zero-order chi connectivity index (χ0) is 18.9. The van der Waals surface area contributed by atoms with Crippen molar-refractivity contribution in [3.63, 3.8) is 0 Å². The van der Waals surface area contributed by atoms with E-state index >= 15 is 0 Å².